The van der Waals surface area contributed by atoms with Gasteiger partial charge in [0, 0.05) is 35.6 Å². The summed E-state index contributed by atoms with van der Waals surface area (Å²) >= 11 is 0. The number of nitrogens with one attached hydrogen (secondary N) is 1. The molecule has 0 fully saturated rings. The summed E-state index contributed by atoms with van der Waals surface area (Å²) in [5, 5.41) is 19.5. The molecule has 2 aromatic carbocycles. The van der Waals surface area contributed by atoms with E-state index in [-0.39, 0.29) is 34.5 Å². The van der Waals surface area contributed by atoms with Crippen LogP contribution >= 0.6 is 0 Å². The first-order chi connectivity index (χ1) is 15.3. The molecular formula is C27H36N4O2. The number of aromatic hydroxyl groups is 1. The van der Waals surface area contributed by atoms with E-state index in [1.54, 1.807) is 22.9 Å². The summed E-state index contributed by atoms with van der Waals surface area (Å²) < 4.78 is 3.46. The lowest BCUT2D eigenvalue weighted by Gasteiger charge is -2.28. The first-order valence-electron chi connectivity index (χ1n) is 11.3. The molecule has 0 saturated heterocycles. The molecule has 0 spiro atoms. The van der Waals surface area contributed by atoms with Crippen LogP contribution in [0, 0.1) is 5.41 Å². The predicted octanol–water partition coefficient (Wildman–Crippen LogP) is 4.46. The van der Waals surface area contributed by atoms with Crippen molar-refractivity contribution >= 4 is 5.78 Å². The number of aromatic nitrogens is 2. The van der Waals surface area contributed by atoms with Crippen molar-refractivity contribution < 1.29 is 9.90 Å². The molecule has 1 heterocycles. The number of hydrogen-bond acceptors (Lipinski definition) is 4. The molecule has 6 nitrogen and oxygen atoms in total. The minimum atomic E-state index is -0.309. The molecule has 6 heteroatoms. The Morgan fingerprint density at radius 1 is 0.909 bits per heavy atom. The highest BCUT2D eigenvalue weighted by Crippen LogP contribution is 2.39. The van der Waals surface area contributed by atoms with E-state index in [9.17, 15) is 9.90 Å². The number of carbonyl (C=O) groups is 1. The molecule has 0 radical (unpaired) electrons. The van der Waals surface area contributed by atoms with Crippen LogP contribution in [0.5, 0.6) is 5.75 Å². The number of nitrogens with two attached hydrogens (primary N) is 1. The van der Waals surface area contributed by atoms with Gasteiger partial charge in [-0.3, -0.25) is 10.2 Å². The summed E-state index contributed by atoms with van der Waals surface area (Å²) in [5.41, 5.74) is 9.51. The van der Waals surface area contributed by atoms with Gasteiger partial charge in [-0.05, 0) is 34.1 Å². The van der Waals surface area contributed by atoms with E-state index in [4.69, 9.17) is 11.1 Å². The van der Waals surface area contributed by atoms with E-state index >= 15 is 0 Å². The van der Waals surface area contributed by atoms with Crippen LogP contribution in [0.25, 0.3) is 0 Å². The van der Waals surface area contributed by atoms with Crippen molar-refractivity contribution in [1.29, 1.82) is 5.41 Å². The molecule has 0 aliphatic carbocycles. The highest BCUT2D eigenvalue weighted by atomic mass is 16.3. The first-order valence-corrected chi connectivity index (χ1v) is 11.3. The van der Waals surface area contributed by atoms with Crippen molar-refractivity contribution in [2.24, 2.45) is 5.73 Å². The molecular weight excluding hydrogens is 412 g/mol. The number of Topliss-reactive ketones (excluding diaryl/α,β-unsaturated/α-hetero) is 1. The van der Waals surface area contributed by atoms with Crippen molar-refractivity contribution in [1.82, 2.24) is 9.13 Å². The van der Waals surface area contributed by atoms with Crippen LogP contribution in [0.15, 0.2) is 48.8 Å². The SMILES string of the molecule is CC(C)(C)c1cc(C(=O)Cn2ccn(Cc3ccc(CN)cc3)c2=N)cc(C(C)(C)C)c1O. The van der Waals surface area contributed by atoms with Crippen molar-refractivity contribution in [2.45, 2.75) is 72.0 Å². The average Bonchev–Trinajstić information content (AvgIpc) is 3.06. The van der Waals surface area contributed by atoms with Gasteiger partial charge < -0.3 is 20.0 Å². The molecule has 0 amide bonds. The molecule has 3 rings (SSSR count). The second-order valence-corrected chi connectivity index (χ2v) is 10.7. The molecule has 3 aromatic rings. The summed E-state index contributed by atoms with van der Waals surface area (Å²) in [7, 11) is 0. The molecule has 176 valence electrons. The van der Waals surface area contributed by atoms with Gasteiger partial charge in [0.15, 0.2) is 5.78 Å². The van der Waals surface area contributed by atoms with Gasteiger partial charge >= 0.3 is 0 Å². The number of phenols is 1. The number of nitrogens with zero attached hydrogens (tertiary/aromatic N) is 2. The lowest BCUT2D eigenvalue weighted by Crippen LogP contribution is -2.27. The third-order valence-electron chi connectivity index (χ3n) is 5.94. The van der Waals surface area contributed by atoms with Crippen molar-refractivity contribution in [3.63, 3.8) is 0 Å². The molecule has 0 atom stereocenters. The highest BCUT2D eigenvalue weighted by molar-refractivity contribution is 5.96. The maximum atomic E-state index is 13.3. The highest BCUT2D eigenvalue weighted by Gasteiger charge is 2.27. The number of rotatable bonds is 6. The molecule has 1 aromatic heterocycles. The van der Waals surface area contributed by atoms with Crippen LogP contribution in [0.2, 0.25) is 0 Å². The summed E-state index contributed by atoms with van der Waals surface area (Å²) in [6, 6.07) is 11.6. The predicted molar refractivity (Wildman–Crippen MR) is 132 cm³/mol. The zero-order valence-corrected chi connectivity index (χ0v) is 20.6. The lowest BCUT2D eigenvalue weighted by atomic mass is 9.78. The Bertz CT molecular complexity index is 1170. The van der Waals surface area contributed by atoms with Crippen molar-refractivity contribution in [3.05, 3.63) is 82.2 Å². The van der Waals surface area contributed by atoms with E-state index in [1.807, 2.05) is 76.6 Å². The number of hydrogen-bond donors (Lipinski definition) is 3. The fourth-order valence-electron chi connectivity index (χ4n) is 3.88. The van der Waals surface area contributed by atoms with Crippen LogP contribution in [0.3, 0.4) is 0 Å². The molecule has 0 aliphatic heterocycles. The molecule has 0 saturated carbocycles. The Hall–Kier alpha value is -3.12. The fraction of sp³-hybridized carbons (Fsp3) is 0.407. The second-order valence-electron chi connectivity index (χ2n) is 10.7. The van der Waals surface area contributed by atoms with Crippen LogP contribution in [0.1, 0.15) is 74.2 Å². The third-order valence-corrected chi connectivity index (χ3v) is 5.94. The first kappa shape index (κ1) is 24.5. The molecule has 0 aliphatic rings. The van der Waals surface area contributed by atoms with Gasteiger partial charge in [0.2, 0.25) is 5.62 Å². The summed E-state index contributed by atoms with van der Waals surface area (Å²) in [6.07, 6.45) is 3.59. The van der Waals surface area contributed by atoms with Gasteiger partial charge in [-0.15, -0.1) is 0 Å². The van der Waals surface area contributed by atoms with Gasteiger partial charge in [-0.2, -0.15) is 0 Å². The Morgan fingerprint density at radius 3 is 1.88 bits per heavy atom. The molecule has 33 heavy (non-hydrogen) atoms. The zero-order valence-electron chi connectivity index (χ0n) is 20.6. The summed E-state index contributed by atoms with van der Waals surface area (Å²) in [4.78, 5) is 13.3. The van der Waals surface area contributed by atoms with E-state index in [2.05, 4.69) is 0 Å². The van der Waals surface area contributed by atoms with Crippen molar-refractivity contribution in [2.75, 3.05) is 0 Å². The maximum Gasteiger partial charge on any atom is 0.202 e. The van der Waals surface area contributed by atoms with Crippen LogP contribution in [-0.4, -0.2) is 20.0 Å². The van der Waals surface area contributed by atoms with Crippen LogP contribution in [0.4, 0.5) is 0 Å². The molecule has 0 unspecified atom stereocenters. The summed E-state index contributed by atoms with van der Waals surface area (Å²) in [5.74, 6) is 0.168. The number of benzene rings is 2. The Kier molecular flexibility index (Phi) is 6.70. The largest absolute Gasteiger partial charge is 0.507 e. The number of carbonyl (C=O) groups excluding carboxylic acids is 1. The van der Waals surface area contributed by atoms with Crippen molar-refractivity contribution in [3.8, 4) is 5.75 Å². The fourth-order valence-corrected chi connectivity index (χ4v) is 3.88. The van der Waals surface area contributed by atoms with Gasteiger partial charge in [0.05, 0.1) is 13.1 Å². The van der Waals surface area contributed by atoms with Crippen LogP contribution in [-0.2, 0) is 30.5 Å². The smallest absolute Gasteiger partial charge is 0.202 e. The van der Waals surface area contributed by atoms with Gasteiger partial charge in [0.25, 0.3) is 0 Å². The summed E-state index contributed by atoms with van der Waals surface area (Å²) in [6.45, 7) is 13.3. The Labute approximate surface area is 196 Å². The lowest BCUT2D eigenvalue weighted by molar-refractivity contribution is 0.0970. The average molecular weight is 449 g/mol. The third kappa shape index (κ3) is 5.45. The maximum absolute atomic E-state index is 13.3. The topological polar surface area (TPSA) is 97.0 Å². The monoisotopic (exact) mass is 448 g/mol. The van der Waals surface area contributed by atoms with E-state index in [0.717, 1.165) is 22.3 Å². The van der Waals surface area contributed by atoms with E-state index in [0.29, 0.717) is 18.7 Å². The molecule has 0 bridgehead atoms. The van der Waals surface area contributed by atoms with Gasteiger partial charge in [-0.1, -0.05) is 65.8 Å². The zero-order chi connectivity index (χ0) is 24.6. The molecule has 4 N–H and O–H groups in total. The van der Waals surface area contributed by atoms with Gasteiger partial charge in [0.1, 0.15) is 5.75 Å². The normalized spacial score (nSPS) is 12.2. The number of ketones is 1. The number of imidazole rings is 1. The quantitative estimate of drug-likeness (QED) is 0.486. The Morgan fingerprint density at radius 2 is 1.39 bits per heavy atom. The van der Waals surface area contributed by atoms with Crippen LogP contribution < -0.4 is 11.4 Å². The van der Waals surface area contributed by atoms with Gasteiger partial charge in [-0.25, -0.2) is 0 Å². The van der Waals surface area contributed by atoms with E-state index < -0.39 is 0 Å². The second kappa shape index (κ2) is 9.02. The minimum absolute atomic E-state index is 0.0654. The Balaban J connectivity index is 1.89. The standard InChI is InChI=1S/C27H36N4O2/c1-26(2,3)21-13-20(14-22(24(21)33)27(4,5)6)23(32)17-31-12-11-30(25(31)29)16-19-9-7-18(15-28)8-10-19/h7-14,29,33H,15-17,28H2,1-6H3. The van der Waals surface area contributed by atoms with E-state index in [1.165, 1.54) is 0 Å². The number of phenolic OH excluding ortho intramolecular Hbond substituents is 1. The minimum Gasteiger partial charge on any atom is -0.507 e.